The van der Waals surface area contributed by atoms with Gasteiger partial charge in [0, 0.05) is 32.7 Å². The smallest absolute Gasteiger partial charge is 0.320 e. The number of carbonyl (C=O) groups is 1. The van der Waals surface area contributed by atoms with Crippen LogP contribution in [0.25, 0.3) is 11.5 Å². The molecule has 0 fully saturated rings. The Morgan fingerprint density at radius 1 is 1.37 bits per heavy atom. The first-order valence-electron chi connectivity index (χ1n) is 9.34. The maximum absolute atomic E-state index is 11.6. The van der Waals surface area contributed by atoms with Gasteiger partial charge >= 0.3 is 12.0 Å². The molecular formula is C19H22N6O4S. The fourth-order valence-electron chi connectivity index (χ4n) is 3.30. The van der Waals surface area contributed by atoms with Gasteiger partial charge in [-0.25, -0.2) is 9.78 Å². The van der Waals surface area contributed by atoms with Crippen LogP contribution < -0.4 is 20.3 Å². The molecule has 2 amide bonds. The number of nitrogens with one attached hydrogen (secondary N) is 2. The molecule has 2 aromatic heterocycles. The van der Waals surface area contributed by atoms with Crippen LogP contribution in [0.5, 0.6) is 5.75 Å². The summed E-state index contributed by atoms with van der Waals surface area (Å²) in [6, 6.07) is 7.43. The van der Waals surface area contributed by atoms with Crippen LogP contribution in [0.4, 0.5) is 15.9 Å². The number of nitrogens with zero attached hydrogens (tertiary/aromatic N) is 4. The summed E-state index contributed by atoms with van der Waals surface area (Å²) in [5.74, 6) is 1.13. The number of fused-ring (bicyclic) bond motifs is 1. The second-order valence-corrected chi connectivity index (χ2v) is 7.60. The van der Waals surface area contributed by atoms with E-state index in [0.717, 1.165) is 16.1 Å². The van der Waals surface area contributed by atoms with Gasteiger partial charge in [0.05, 0.1) is 30.3 Å². The molecule has 1 aromatic carbocycles. The lowest BCUT2D eigenvalue weighted by molar-refractivity contribution is 0.174. The van der Waals surface area contributed by atoms with Crippen molar-refractivity contribution in [2.24, 2.45) is 0 Å². The minimum absolute atomic E-state index is 0.143. The van der Waals surface area contributed by atoms with Crippen molar-refractivity contribution in [2.75, 3.05) is 44.6 Å². The minimum Gasteiger partial charge on any atom is -0.497 e. The van der Waals surface area contributed by atoms with Crippen LogP contribution in [0.3, 0.4) is 0 Å². The molecule has 11 heteroatoms. The average molecular weight is 430 g/mol. The highest BCUT2D eigenvalue weighted by molar-refractivity contribution is 7.16. The number of hydrogen-bond donors (Lipinski definition) is 2. The summed E-state index contributed by atoms with van der Waals surface area (Å²) in [4.78, 5) is 19.2. The highest BCUT2D eigenvalue weighted by atomic mass is 32.1. The quantitative estimate of drug-likeness (QED) is 0.613. The van der Waals surface area contributed by atoms with Gasteiger partial charge in [-0.1, -0.05) is 22.5 Å². The van der Waals surface area contributed by atoms with Crippen molar-refractivity contribution in [2.45, 2.75) is 12.5 Å². The molecule has 10 nitrogen and oxygen atoms in total. The Morgan fingerprint density at radius 2 is 2.23 bits per heavy atom. The molecule has 0 unspecified atom stereocenters. The molecule has 2 N–H and O–H groups in total. The standard InChI is InChI=1S/C19H22N6O4S/c1-20-17(26)22-18-21-13-7-8-25(14(10-27-2)15(13)30-18)19-24-23-16(29-19)11-5-4-6-12(9-11)28-3/h4-6,9,14H,7-8,10H2,1-3H3,(H2,20,21,22,26)/t14-/m0/s1. The van der Waals surface area contributed by atoms with Crippen molar-refractivity contribution >= 4 is 28.5 Å². The number of aromatic nitrogens is 3. The zero-order valence-electron chi connectivity index (χ0n) is 16.8. The lowest BCUT2D eigenvalue weighted by Gasteiger charge is -2.32. The van der Waals surface area contributed by atoms with E-state index in [1.165, 1.54) is 11.3 Å². The molecule has 0 spiro atoms. The number of benzene rings is 1. The zero-order valence-corrected chi connectivity index (χ0v) is 17.7. The van der Waals surface area contributed by atoms with Gasteiger partial charge < -0.3 is 24.1 Å². The lowest BCUT2D eigenvalue weighted by Crippen LogP contribution is -2.37. The Balaban J connectivity index is 1.61. The molecule has 1 atom stereocenters. The first-order valence-corrected chi connectivity index (χ1v) is 10.2. The second kappa shape index (κ2) is 8.67. The second-order valence-electron chi connectivity index (χ2n) is 6.57. The zero-order chi connectivity index (χ0) is 21.1. The fourth-order valence-corrected chi connectivity index (χ4v) is 4.40. The summed E-state index contributed by atoms with van der Waals surface area (Å²) in [5.41, 5.74) is 1.72. The van der Waals surface area contributed by atoms with Crippen molar-refractivity contribution in [3.8, 4) is 17.2 Å². The molecule has 0 radical (unpaired) electrons. The summed E-state index contributed by atoms with van der Waals surface area (Å²) in [5, 5.41) is 14.3. The Bertz CT molecular complexity index is 1040. The topological polar surface area (TPSA) is 115 Å². The first-order chi connectivity index (χ1) is 14.6. The third-order valence-corrected chi connectivity index (χ3v) is 5.86. The molecule has 0 saturated heterocycles. The number of thiazole rings is 1. The molecule has 0 aliphatic carbocycles. The Morgan fingerprint density at radius 3 is 3.00 bits per heavy atom. The van der Waals surface area contributed by atoms with Gasteiger partial charge in [0.1, 0.15) is 5.75 Å². The van der Waals surface area contributed by atoms with Crippen LogP contribution in [-0.2, 0) is 11.2 Å². The molecule has 1 aliphatic heterocycles. The van der Waals surface area contributed by atoms with Crippen LogP contribution >= 0.6 is 11.3 Å². The molecule has 0 bridgehead atoms. The van der Waals surface area contributed by atoms with Gasteiger partial charge in [-0.3, -0.25) is 5.32 Å². The van der Waals surface area contributed by atoms with Gasteiger partial charge in [-0.05, 0) is 18.2 Å². The number of methoxy groups -OCH3 is 2. The van der Waals surface area contributed by atoms with E-state index in [0.29, 0.717) is 42.4 Å². The molecule has 3 aromatic rings. The molecule has 3 heterocycles. The SMILES string of the molecule is CNC(=O)Nc1nc2c(s1)[C@H](COC)N(c1nnc(-c3cccc(OC)c3)o1)CC2. The van der Waals surface area contributed by atoms with Crippen molar-refractivity contribution in [1.82, 2.24) is 20.5 Å². The predicted octanol–water partition coefficient (Wildman–Crippen LogP) is 2.70. The van der Waals surface area contributed by atoms with Crippen molar-refractivity contribution in [3.63, 3.8) is 0 Å². The summed E-state index contributed by atoms with van der Waals surface area (Å²) in [6.45, 7) is 1.06. The first kappa shape index (κ1) is 20.1. The normalized spacial score (nSPS) is 15.6. The number of anilines is 2. The monoisotopic (exact) mass is 430 g/mol. The van der Waals surface area contributed by atoms with Crippen LogP contribution in [-0.4, -0.2) is 55.6 Å². The Labute approximate surface area is 177 Å². The summed E-state index contributed by atoms with van der Waals surface area (Å²) < 4.78 is 16.7. The number of rotatable bonds is 6. The van der Waals surface area contributed by atoms with E-state index in [-0.39, 0.29) is 12.1 Å². The van der Waals surface area contributed by atoms with Gasteiger partial charge in [0.15, 0.2) is 5.13 Å². The van der Waals surface area contributed by atoms with E-state index < -0.39 is 0 Å². The van der Waals surface area contributed by atoms with Crippen LogP contribution in [0.1, 0.15) is 16.6 Å². The van der Waals surface area contributed by atoms with Crippen LogP contribution in [0.2, 0.25) is 0 Å². The number of ether oxygens (including phenoxy) is 2. The largest absolute Gasteiger partial charge is 0.497 e. The maximum atomic E-state index is 11.6. The van der Waals surface area contributed by atoms with Crippen LogP contribution in [0, 0.1) is 0 Å². The molecule has 4 rings (SSSR count). The minimum atomic E-state index is -0.305. The van der Waals surface area contributed by atoms with Crippen molar-refractivity contribution in [3.05, 3.63) is 34.8 Å². The number of hydrogen-bond acceptors (Lipinski definition) is 9. The van der Waals surface area contributed by atoms with E-state index in [9.17, 15) is 4.79 Å². The summed E-state index contributed by atoms with van der Waals surface area (Å²) >= 11 is 1.42. The van der Waals surface area contributed by atoms with Gasteiger partial charge in [-0.2, -0.15) is 0 Å². The van der Waals surface area contributed by atoms with Gasteiger partial charge in [0.2, 0.25) is 5.89 Å². The highest BCUT2D eigenvalue weighted by Gasteiger charge is 2.34. The maximum Gasteiger partial charge on any atom is 0.320 e. The van der Waals surface area contributed by atoms with E-state index in [1.54, 1.807) is 21.3 Å². The van der Waals surface area contributed by atoms with Crippen LogP contribution in [0.15, 0.2) is 28.7 Å². The number of urea groups is 1. The molecule has 1 aliphatic rings. The number of carbonyl (C=O) groups excluding carboxylic acids is 1. The predicted molar refractivity (Wildman–Crippen MR) is 112 cm³/mol. The lowest BCUT2D eigenvalue weighted by atomic mass is 10.1. The third kappa shape index (κ3) is 3.94. The molecule has 158 valence electrons. The molecular weight excluding hydrogens is 408 g/mol. The Kier molecular flexibility index (Phi) is 5.81. The number of amides is 2. The molecule has 0 saturated carbocycles. The van der Waals surface area contributed by atoms with E-state index in [1.807, 2.05) is 29.2 Å². The summed E-state index contributed by atoms with van der Waals surface area (Å²) in [6.07, 6.45) is 0.693. The van der Waals surface area contributed by atoms with Crippen molar-refractivity contribution in [1.29, 1.82) is 0 Å². The van der Waals surface area contributed by atoms with E-state index >= 15 is 0 Å². The summed E-state index contributed by atoms with van der Waals surface area (Å²) in [7, 11) is 4.82. The van der Waals surface area contributed by atoms with E-state index in [4.69, 9.17) is 13.9 Å². The van der Waals surface area contributed by atoms with Crippen molar-refractivity contribution < 1.29 is 18.7 Å². The third-order valence-electron chi connectivity index (χ3n) is 4.74. The Hall–Kier alpha value is -3.18. The van der Waals surface area contributed by atoms with E-state index in [2.05, 4.69) is 25.8 Å². The van der Waals surface area contributed by atoms with Gasteiger partial charge in [-0.15, -0.1) is 5.10 Å². The average Bonchev–Trinajstić information content (AvgIpc) is 3.41. The highest BCUT2D eigenvalue weighted by Crippen LogP contribution is 2.39. The van der Waals surface area contributed by atoms with Gasteiger partial charge in [0.25, 0.3) is 0 Å². The molecule has 30 heavy (non-hydrogen) atoms. The fraction of sp³-hybridized carbons (Fsp3) is 0.368.